The van der Waals surface area contributed by atoms with Crippen LogP contribution in [0.1, 0.15) is 60.3 Å². The maximum Gasteiger partial charge on any atom is 0.312 e. The van der Waals surface area contributed by atoms with E-state index in [1.165, 1.54) is 33.8 Å². The summed E-state index contributed by atoms with van der Waals surface area (Å²) in [7, 11) is 0. The standard InChI is InChI=1S/C26H36O10/c1-13-7-9-19(33-15(3)28)25(6)20(34-16(4)29)10-8-18(12-27)11-21-26(32,14(2)24(31)36-21)23(22(13)25)35-17(5)30/h11,14,19-23,27,32H,1,7-10,12H2,2-6H3/b18-11+/t14-,19-,20-,21-,22+,23-,25+,26-/m0/s1. The van der Waals surface area contributed by atoms with E-state index in [9.17, 15) is 29.4 Å². The molecule has 3 aliphatic rings. The van der Waals surface area contributed by atoms with Crippen LogP contribution in [0.2, 0.25) is 0 Å². The third-order valence-corrected chi connectivity index (χ3v) is 7.96. The van der Waals surface area contributed by atoms with Crippen molar-refractivity contribution < 1.29 is 48.3 Å². The minimum Gasteiger partial charge on any atom is -0.462 e. The van der Waals surface area contributed by atoms with Crippen LogP contribution < -0.4 is 0 Å². The number of hydrogen-bond acceptors (Lipinski definition) is 10. The Kier molecular flexibility index (Phi) is 8.00. The van der Waals surface area contributed by atoms with Crippen LogP contribution in [-0.2, 0) is 38.1 Å². The van der Waals surface area contributed by atoms with E-state index in [1.54, 1.807) is 6.92 Å². The van der Waals surface area contributed by atoms with Crippen LogP contribution in [0.4, 0.5) is 0 Å². The molecule has 2 aliphatic carbocycles. The zero-order chi connectivity index (χ0) is 27.0. The van der Waals surface area contributed by atoms with Crippen molar-refractivity contribution in [3.63, 3.8) is 0 Å². The monoisotopic (exact) mass is 508 g/mol. The van der Waals surface area contributed by atoms with Crippen LogP contribution in [0.15, 0.2) is 23.8 Å². The fourth-order valence-corrected chi connectivity index (χ4v) is 6.14. The maximum atomic E-state index is 12.7. The zero-order valence-electron chi connectivity index (χ0n) is 21.4. The van der Waals surface area contributed by atoms with Crippen molar-refractivity contribution in [3.05, 3.63) is 23.8 Å². The van der Waals surface area contributed by atoms with Gasteiger partial charge in [0, 0.05) is 26.7 Å². The number of fused-ring (bicyclic) bond motifs is 2. The zero-order valence-corrected chi connectivity index (χ0v) is 21.4. The second kappa shape index (κ2) is 10.3. The maximum absolute atomic E-state index is 12.7. The molecular weight excluding hydrogens is 472 g/mol. The van der Waals surface area contributed by atoms with Crippen molar-refractivity contribution >= 4 is 23.9 Å². The molecule has 3 rings (SSSR count). The largest absolute Gasteiger partial charge is 0.462 e. The first-order chi connectivity index (χ1) is 16.8. The Morgan fingerprint density at radius 2 is 1.58 bits per heavy atom. The van der Waals surface area contributed by atoms with Crippen LogP contribution >= 0.6 is 0 Å². The molecule has 0 aromatic carbocycles. The minimum atomic E-state index is -2.05. The highest BCUT2D eigenvalue weighted by molar-refractivity contribution is 5.78. The Morgan fingerprint density at radius 1 is 1.06 bits per heavy atom. The van der Waals surface area contributed by atoms with Gasteiger partial charge in [-0.1, -0.05) is 19.1 Å². The SMILES string of the molecule is C=C1CC[C@H](OC(C)=O)[C@]2(C)[C@@H](OC(C)=O)CC/C(CO)=C\[C@@H]3OC(=O)[C@H](C)[C@@]3(O)[C@@H](OC(C)=O)[C@@H]12. The Labute approximate surface area is 210 Å². The van der Waals surface area contributed by atoms with E-state index in [2.05, 4.69) is 6.58 Å². The number of ether oxygens (including phenoxy) is 4. The second-order valence-electron chi connectivity index (χ2n) is 10.3. The normalized spacial score (nSPS) is 40.0. The summed E-state index contributed by atoms with van der Waals surface area (Å²) < 4.78 is 22.8. The van der Waals surface area contributed by atoms with E-state index >= 15 is 0 Å². The van der Waals surface area contributed by atoms with E-state index in [-0.39, 0.29) is 12.8 Å². The molecule has 200 valence electrons. The molecule has 0 bridgehead atoms. The van der Waals surface area contributed by atoms with Crippen LogP contribution in [0.5, 0.6) is 0 Å². The Bertz CT molecular complexity index is 970. The summed E-state index contributed by atoms with van der Waals surface area (Å²) in [6.45, 7) is 10.8. The highest BCUT2D eigenvalue weighted by Crippen LogP contribution is 2.56. The summed E-state index contributed by atoms with van der Waals surface area (Å²) in [5.74, 6) is -4.51. The minimum absolute atomic E-state index is 0.228. The molecule has 0 unspecified atom stereocenters. The number of hydrogen-bond donors (Lipinski definition) is 2. The number of carbonyl (C=O) groups excluding carboxylic acids is 4. The van der Waals surface area contributed by atoms with Gasteiger partial charge in [0.15, 0.2) is 11.7 Å². The van der Waals surface area contributed by atoms with Crippen molar-refractivity contribution in [1.29, 1.82) is 0 Å². The van der Waals surface area contributed by atoms with Crippen molar-refractivity contribution in [2.24, 2.45) is 17.3 Å². The van der Waals surface area contributed by atoms with Gasteiger partial charge in [0.1, 0.15) is 18.3 Å². The molecule has 0 aromatic heterocycles. The van der Waals surface area contributed by atoms with Gasteiger partial charge in [0.05, 0.1) is 17.9 Å². The third kappa shape index (κ3) is 4.80. The molecule has 0 radical (unpaired) electrons. The van der Waals surface area contributed by atoms with E-state index in [0.29, 0.717) is 24.0 Å². The number of aliphatic hydroxyl groups excluding tert-OH is 1. The topological polar surface area (TPSA) is 146 Å². The second-order valence-corrected chi connectivity index (χ2v) is 10.3. The van der Waals surface area contributed by atoms with Gasteiger partial charge < -0.3 is 29.2 Å². The number of esters is 4. The average Bonchev–Trinajstić information content (AvgIpc) is 2.99. The quantitative estimate of drug-likeness (QED) is 0.327. The lowest BCUT2D eigenvalue weighted by atomic mass is 9.55. The summed E-state index contributed by atoms with van der Waals surface area (Å²) >= 11 is 0. The Morgan fingerprint density at radius 3 is 2.08 bits per heavy atom. The Hall–Kier alpha value is -2.72. The van der Waals surface area contributed by atoms with Crippen LogP contribution in [0, 0.1) is 17.3 Å². The molecule has 2 N–H and O–H groups in total. The molecule has 1 aliphatic heterocycles. The number of carbonyl (C=O) groups is 4. The highest BCUT2D eigenvalue weighted by Gasteiger charge is 2.67. The van der Waals surface area contributed by atoms with E-state index in [0.717, 1.165) is 0 Å². The first-order valence-corrected chi connectivity index (χ1v) is 12.2. The van der Waals surface area contributed by atoms with Crippen molar-refractivity contribution in [3.8, 4) is 0 Å². The van der Waals surface area contributed by atoms with Crippen molar-refractivity contribution in [2.75, 3.05) is 6.61 Å². The summed E-state index contributed by atoms with van der Waals surface area (Å²) in [6.07, 6.45) is -1.56. The molecule has 1 saturated heterocycles. The van der Waals surface area contributed by atoms with Gasteiger partial charge >= 0.3 is 23.9 Å². The van der Waals surface area contributed by atoms with Crippen LogP contribution in [-0.4, -0.2) is 70.7 Å². The van der Waals surface area contributed by atoms with Gasteiger partial charge in [0.25, 0.3) is 0 Å². The fourth-order valence-electron chi connectivity index (χ4n) is 6.14. The van der Waals surface area contributed by atoms with Gasteiger partial charge in [-0.2, -0.15) is 0 Å². The number of aliphatic hydroxyl groups is 2. The number of rotatable bonds is 4. The predicted molar refractivity (Wildman–Crippen MR) is 125 cm³/mol. The smallest absolute Gasteiger partial charge is 0.312 e. The van der Waals surface area contributed by atoms with Crippen molar-refractivity contribution in [2.45, 2.75) is 90.3 Å². The summed E-state index contributed by atoms with van der Waals surface area (Å²) in [5, 5.41) is 22.2. The van der Waals surface area contributed by atoms with Gasteiger partial charge in [0.2, 0.25) is 0 Å². The molecule has 10 heteroatoms. The molecule has 8 atom stereocenters. The molecular formula is C26H36O10. The van der Waals surface area contributed by atoms with Crippen LogP contribution in [0.25, 0.3) is 0 Å². The average molecular weight is 509 g/mol. The van der Waals surface area contributed by atoms with E-state index in [1.807, 2.05) is 0 Å². The van der Waals surface area contributed by atoms with Crippen LogP contribution in [0.3, 0.4) is 0 Å². The summed E-state index contributed by atoms with van der Waals surface area (Å²) in [5.41, 5.74) is -2.22. The molecule has 1 heterocycles. The molecule has 0 amide bonds. The molecule has 2 fully saturated rings. The molecule has 1 saturated carbocycles. The predicted octanol–water partition coefficient (Wildman–Crippen LogP) is 1.76. The first-order valence-electron chi connectivity index (χ1n) is 12.2. The molecule has 10 nitrogen and oxygen atoms in total. The molecule has 0 aromatic rings. The lowest BCUT2D eigenvalue weighted by Crippen LogP contribution is -2.65. The van der Waals surface area contributed by atoms with E-state index < -0.39 is 77.8 Å². The molecule has 36 heavy (non-hydrogen) atoms. The van der Waals surface area contributed by atoms with Gasteiger partial charge in [-0.25, -0.2) is 0 Å². The summed E-state index contributed by atoms with van der Waals surface area (Å²) in [4.78, 5) is 49.5. The lowest BCUT2D eigenvalue weighted by Gasteiger charge is -2.55. The van der Waals surface area contributed by atoms with Gasteiger partial charge in [-0.15, -0.1) is 0 Å². The Balaban J connectivity index is 2.35. The lowest BCUT2D eigenvalue weighted by molar-refractivity contribution is -0.219. The fraction of sp³-hybridized carbons (Fsp3) is 0.692. The molecule has 0 spiro atoms. The summed E-state index contributed by atoms with van der Waals surface area (Å²) in [6, 6.07) is 0. The first kappa shape index (κ1) is 27.9. The van der Waals surface area contributed by atoms with Crippen molar-refractivity contribution in [1.82, 2.24) is 0 Å². The third-order valence-electron chi connectivity index (χ3n) is 7.96. The van der Waals surface area contributed by atoms with E-state index in [4.69, 9.17) is 18.9 Å². The van der Waals surface area contributed by atoms with Gasteiger partial charge in [-0.3, -0.25) is 19.2 Å². The van der Waals surface area contributed by atoms with Gasteiger partial charge in [-0.05, 0) is 44.3 Å². The highest BCUT2D eigenvalue weighted by atomic mass is 16.6.